The van der Waals surface area contributed by atoms with Crippen molar-refractivity contribution in [1.82, 2.24) is 0 Å². The minimum atomic E-state index is -1.14. The zero-order valence-corrected chi connectivity index (χ0v) is 21.1. The molecule has 0 unspecified atom stereocenters. The molecule has 0 aliphatic heterocycles. The van der Waals surface area contributed by atoms with Gasteiger partial charge in [0.15, 0.2) is 0 Å². The third kappa shape index (κ3) is 7.04. The van der Waals surface area contributed by atoms with Crippen molar-refractivity contribution in [1.29, 1.82) is 0 Å². The highest BCUT2D eigenvalue weighted by Gasteiger charge is 2.30. The summed E-state index contributed by atoms with van der Waals surface area (Å²) in [6.07, 6.45) is 11.8. The van der Waals surface area contributed by atoms with Crippen LogP contribution in [0.2, 0.25) is 25.2 Å². The van der Waals surface area contributed by atoms with Gasteiger partial charge in [0.1, 0.15) is 11.5 Å². The maximum atomic E-state index is 10.8. The van der Waals surface area contributed by atoms with Gasteiger partial charge in [-0.3, -0.25) is 0 Å². The van der Waals surface area contributed by atoms with Gasteiger partial charge < -0.3 is 10.2 Å². The first kappa shape index (κ1) is 24.8. The Bertz CT molecular complexity index is 724. The summed E-state index contributed by atoms with van der Waals surface area (Å²) in [6.45, 7) is 15.6. The number of hydrogen-bond donors (Lipinski definition) is 2. The Morgan fingerprint density at radius 3 is 2.30 bits per heavy atom. The van der Waals surface area contributed by atoms with Crippen LogP contribution in [0.1, 0.15) is 82.8 Å². The van der Waals surface area contributed by atoms with Crippen molar-refractivity contribution in [2.45, 2.75) is 103 Å². The van der Waals surface area contributed by atoms with E-state index in [0.717, 1.165) is 36.8 Å². The molecule has 0 bridgehead atoms. The van der Waals surface area contributed by atoms with Gasteiger partial charge >= 0.3 is 0 Å². The number of aromatic hydroxyl groups is 2. The van der Waals surface area contributed by atoms with Gasteiger partial charge in [-0.2, -0.15) is 0 Å². The fourth-order valence-electron chi connectivity index (χ4n) is 5.00. The third-order valence-electron chi connectivity index (χ3n) is 6.94. The minimum Gasteiger partial charge on any atom is -0.507 e. The van der Waals surface area contributed by atoms with E-state index in [-0.39, 0.29) is 23.3 Å². The molecule has 2 N–H and O–H groups in total. The van der Waals surface area contributed by atoms with Gasteiger partial charge in [0.2, 0.25) is 0 Å². The van der Waals surface area contributed by atoms with E-state index >= 15 is 0 Å². The van der Waals surface area contributed by atoms with Crippen LogP contribution in [0.25, 0.3) is 0 Å². The molecule has 30 heavy (non-hydrogen) atoms. The molecule has 3 heteroatoms. The number of phenolic OH excluding ortho intramolecular Hbond substituents is 2. The normalized spacial score (nSPS) is 19.6. The molecule has 168 valence electrons. The number of phenols is 2. The Kier molecular flexibility index (Phi) is 9.27. The van der Waals surface area contributed by atoms with Gasteiger partial charge in [-0.25, -0.2) is 0 Å². The first-order valence-corrected chi connectivity index (χ1v) is 15.4. The summed E-state index contributed by atoms with van der Waals surface area (Å²) < 4.78 is 0. The molecular weight excluding hydrogens is 384 g/mol. The van der Waals surface area contributed by atoms with Crippen LogP contribution >= 0.6 is 0 Å². The van der Waals surface area contributed by atoms with Crippen molar-refractivity contribution >= 4 is 8.07 Å². The van der Waals surface area contributed by atoms with Crippen LogP contribution in [0.5, 0.6) is 11.5 Å². The number of rotatable bonds is 11. The topological polar surface area (TPSA) is 40.5 Å². The van der Waals surface area contributed by atoms with Gasteiger partial charge in [-0.15, -0.1) is 0 Å². The zero-order valence-electron chi connectivity index (χ0n) is 20.1. The largest absolute Gasteiger partial charge is 0.507 e. The molecule has 0 saturated heterocycles. The summed E-state index contributed by atoms with van der Waals surface area (Å²) in [5, 5.41) is 21.7. The maximum absolute atomic E-state index is 10.8. The molecule has 0 heterocycles. The van der Waals surface area contributed by atoms with Crippen molar-refractivity contribution in [3.63, 3.8) is 0 Å². The lowest BCUT2D eigenvalue weighted by Crippen LogP contribution is -2.24. The summed E-state index contributed by atoms with van der Waals surface area (Å²) in [7, 11) is -1.14. The average Bonchev–Trinajstić information content (AvgIpc) is 2.64. The summed E-state index contributed by atoms with van der Waals surface area (Å²) in [5.41, 5.74) is 4.17. The molecule has 2 nitrogen and oxygen atoms in total. The molecule has 1 aromatic rings. The van der Waals surface area contributed by atoms with Crippen molar-refractivity contribution in [3.05, 3.63) is 47.1 Å². The summed E-state index contributed by atoms with van der Waals surface area (Å²) in [6, 6.07) is 6.50. The Hall–Kier alpha value is -1.48. The number of aryl methyl sites for hydroxylation is 1. The molecule has 0 radical (unpaired) electrons. The third-order valence-corrected chi connectivity index (χ3v) is 10.4. The van der Waals surface area contributed by atoms with Crippen molar-refractivity contribution in [2.24, 2.45) is 5.92 Å². The van der Waals surface area contributed by atoms with Crippen LogP contribution in [0, 0.1) is 5.92 Å². The van der Waals surface area contributed by atoms with Gasteiger partial charge in [0.05, 0.1) is 0 Å². The molecule has 0 amide bonds. The quantitative estimate of drug-likeness (QED) is 0.211. The predicted octanol–water partition coefficient (Wildman–Crippen LogP) is 8.34. The Morgan fingerprint density at radius 2 is 1.70 bits per heavy atom. The fourth-order valence-corrected chi connectivity index (χ4v) is 7.59. The lowest BCUT2D eigenvalue weighted by molar-refractivity contribution is 0.406. The molecule has 0 spiro atoms. The lowest BCUT2D eigenvalue weighted by atomic mass is 9.73. The highest BCUT2D eigenvalue weighted by atomic mass is 28.3. The van der Waals surface area contributed by atoms with E-state index in [0.29, 0.717) is 5.56 Å². The Labute approximate surface area is 186 Å². The smallest absolute Gasteiger partial charge is 0.123 e. The highest BCUT2D eigenvalue weighted by Crippen LogP contribution is 2.46. The van der Waals surface area contributed by atoms with Crippen molar-refractivity contribution < 1.29 is 10.2 Å². The number of unbranched alkanes of at least 4 members (excludes halogenated alkanes) is 3. The molecule has 0 fully saturated rings. The summed E-state index contributed by atoms with van der Waals surface area (Å²) >= 11 is 0. The predicted molar refractivity (Wildman–Crippen MR) is 133 cm³/mol. The Balaban J connectivity index is 2.04. The van der Waals surface area contributed by atoms with Crippen LogP contribution in [0.4, 0.5) is 0 Å². The van der Waals surface area contributed by atoms with E-state index in [1.165, 1.54) is 43.3 Å². The fraction of sp³-hybridized carbons (Fsp3) is 0.630. The van der Waals surface area contributed by atoms with E-state index in [9.17, 15) is 10.2 Å². The van der Waals surface area contributed by atoms with E-state index in [4.69, 9.17) is 0 Å². The minimum absolute atomic E-state index is 0.0137. The molecule has 1 aliphatic carbocycles. The molecule has 1 aromatic carbocycles. The Morgan fingerprint density at radius 1 is 1.07 bits per heavy atom. The molecule has 2 rings (SSSR count). The summed E-state index contributed by atoms with van der Waals surface area (Å²) in [4.78, 5) is 0. The molecule has 2 atom stereocenters. The number of benzene rings is 1. The SMILES string of the molecule is C=C(C)[C@H]1CCC(C)=C[C@@H]1c1c(O)cc(CCC[Si](C)(C)CCCCCC)cc1O. The molecular formula is C27H44O2Si. The summed E-state index contributed by atoms with van der Waals surface area (Å²) in [5.74, 6) is 0.766. The van der Waals surface area contributed by atoms with E-state index < -0.39 is 8.07 Å². The van der Waals surface area contributed by atoms with Gasteiger partial charge in [-0.1, -0.05) is 88.0 Å². The van der Waals surface area contributed by atoms with Gasteiger partial charge in [0, 0.05) is 19.6 Å². The van der Waals surface area contributed by atoms with Crippen LogP contribution in [0.3, 0.4) is 0 Å². The molecule has 1 aliphatic rings. The molecule has 0 aromatic heterocycles. The van der Waals surface area contributed by atoms with E-state index in [2.05, 4.69) is 46.5 Å². The van der Waals surface area contributed by atoms with Gasteiger partial charge in [0.25, 0.3) is 0 Å². The van der Waals surface area contributed by atoms with Crippen LogP contribution in [-0.2, 0) is 6.42 Å². The maximum Gasteiger partial charge on any atom is 0.123 e. The average molecular weight is 429 g/mol. The second kappa shape index (κ2) is 11.2. The monoisotopic (exact) mass is 428 g/mol. The first-order chi connectivity index (χ1) is 14.1. The number of allylic oxidation sites excluding steroid dienone is 3. The zero-order chi connectivity index (χ0) is 22.3. The first-order valence-electron chi connectivity index (χ1n) is 12.0. The van der Waals surface area contributed by atoms with Crippen LogP contribution in [0.15, 0.2) is 35.9 Å². The standard InChI is InChI=1S/C27H44O2Si/c1-7-8-9-10-15-30(5,6)16-11-12-22-18-25(28)27(26(29)19-22)24-17-21(4)13-14-23(24)20(2)3/h17-19,23-24,28-29H,2,7-16H2,1,3-6H3/t23-,24+/m1/s1. The van der Waals surface area contributed by atoms with Crippen molar-refractivity contribution in [2.75, 3.05) is 0 Å². The highest BCUT2D eigenvalue weighted by molar-refractivity contribution is 6.77. The van der Waals surface area contributed by atoms with Crippen LogP contribution < -0.4 is 0 Å². The van der Waals surface area contributed by atoms with Gasteiger partial charge in [-0.05, 0) is 56.7 Å². The lowest BCUT2D eigenvalue weighted by Gasteiger charge is -2.31. The van der Waals surface area contributed by atoms with E-state index in [1.54, 1.807) is 0 Å². The van der Waals surface area contributed by atoms with E-state index in [1.807, 2.05) is 12.1 Å². The second-order valence-electron chi connectivity index (χ2n) is 10.4. The second-order valence-corrected chi connectivity index (χ2v) is 15.7. The van der Waals surface area contributed by atoms with Crippen LogP contribution in [-0.4, -0.2) is 18.3 Å². The number of hydrogen-bond acceptors (Lipinski definition) is 2. The van der Waals surface area contributed by atoms with Crippen molar-refractivity contribution in [3.8, 4) is 11.5 Å². The molecule has 0 saturated carbocycles.